The van der Waals surface area contributed by atoms with Crippen LogP contribution in [0.2, 0.25) is 0 Å². The summed E-state index contributed by atoms with van der Waals surface area (Å²) in [5.74, 6) is -0.205. The molecule has 0 aliphatic rings. The summed E-state index contributed by atoms with van der Waals surface area (Å²) in [5, 5.41) is 0. The molecule has 0 fully saturated rings. The van der Waals surface area contributed by atoms with Crippen LogP contribution in [-0.2, 0) is 9.53 Å². The van der Waals surface area contributed by atoms with Gasteiger partial charge < -0.3 is 4.74 Å². The van der Waals surface area contributed by atoms with Gasteiger partial charge in [-0.05, 0) is 71.3 Å². The fourth-order valence-electron chi connectivity index (χ4n) is 2.92. The maximum atomic E-state index is 12.5. The second-order valence-electron chi connectivity index (χ2n) is 7.83. The fraction of sp³-hybridized carbons (Fsp3) is 0.625. The minimum atomic E-state index is -0.191. The van der Waals surface area contributed by atoms with Crippen molar-refractivity contribution in [2.45, 2.75) is 80.6 Å². The number of carbonyl (C=O) groups excluding carboxylic acids is 1. The van der Waals surface area contributed by atoms with Gasteiger partial charge in [0.05, 0.1) is 5.92 Å². The second-order valence-corrected chi connectivity index (χ2v) is 7.83. The second kappa shape index (κ2) is 13.6. The van der Waals surface area contributed by atoms with Crippen molar-refractivity contribution in [3.8, 4) is 0 Å². The van der Waals surface area contributed by atoms with Crippen LogP contribution in [0.1, 0.15) is 80.6 Å². The Labute approximate surface area is 162 Å². The summed E-state index contributed by atoms with van der Waals surface area (Å²) in [6.07, 6.45) is 17.8. The van der Waals surface area contributed by atoms with Gasteiger partial charge in [0.2, 0.25) is 0 Å². The van der Waals surface area contributed by atoms with Crippen molar-refractivity contribution < 1.29 is 9.53 Å². The number of ether oxygens (including phenoxy) is 1. The predicted molar refractivity (Wildman–Crippen MR) is 114 cm³/mol. The molecule has 0 aromatic carbocycles. The monoisotopic (exact) mass is 360 g/mol. The molecular formula is C24H40O2. The van der Waals surface area contributed by atoms with Gasteiger partial charge >= 0.3 is 5.97 Å². The van der Waals surface area contributed by atoms with Gasteiger partial charge in [-0.15, -0.1) is 0 Å². The molecule has 0 radical (unpaired) electrons. The van der Waals surface area contributed by atoms with Gasteiger partial charge in [-0.3, -0.25) is 4.79 Å². The lowest BCUT2D eigenvalue weighted by molar-refractivity contribution is -0.150. The van der Waals surface area contributed by atoms with Crippen LogP contribution in [0.4, 0.5) is 0 Å². The summed E-state index contributed by atoms with van der Waals surface area (Å²) in [7, 11) is 0. The van der Waals surface area contributed by atoms with E-state index in [1.165, 1.54) is 11.1 Å². The molecule has 2 nitrogen and oxygen atoms in total. The summed E-state index contributed by atoms with van der Waals surface area (Å²) >= 11 is 0. The van der Waals surface area contributed by atoms with E-state index in [0.29, 0.717) is 6.61 Å². The molecule has 0 saturated carbocycles. The molecule has 2 heteroatoms. The van der Waals surface area contributed by atoms with Crippen LogP contribution in [0.5, 0.6) is 0 Å². The van der Waals surface area contributed by atoms with E-state index in [2.05, 4.69) is 71.9 Å². The van der Waals surface area contributed by atoms with Gasteiger partial charge in [-0.25, -0.2) is 0 Å². The Bertz CT molecular complexity index is 514. The number of rotatable bonds is 12. The summed E-state index contributed by atoms with van der Waals surface area (Å²) in [6.45, 7) is 15.0. The fourth-order valence-corrected chi connectivity index (χ4v) is 2.92. The molecule has 0 spiro atoms. The summed E-state index contributed by atoms with van der Waals surface area (Å²) in [5.41, 5.74) is 2.42. The summed E-state index contributed by atoms with van der Waals surface area (Å²) < 4.78 is 5.55. The lowest BCUT2D eigenvalue weighted by Crippen LogP contribution is -2.30. The van der Waals surface area contributed by atoms with E-state index < -0.39 is 0 Å². The van der Waals surface area contributed by atoms with E-state index in [-0.39, 0.29) is 17.3 Å². The number of carbonyl (C=O) groups is 1. The average Bonchev–Trinajstić information content (AvgIpc) is 2.54. The SMILES string of the molecule is CC=CCCC=CC(C)(C)C(CC)C(=O)OC/C=C(\C)CCC=C(C)C. The van der Waals surface area contributed by atoms with Crippen molar-refractivity contribution >= 4 is 5.97 Å². The average molecular weight is 361 g/mol. The van der Waals surface area contributed by atoms with Gasteiger partial charge in [-0.1, -0.05) is 62.3 Å². The Balaban J connectivity index is 4.56. The third kappa shape index (κ3) is 11.1. The van der Waals surface area contributed by atoms with E-state index >= 15 is 0 Å². The van der Waals surface area contributed by atoms with Gasteiger partial charge in [0.25, 0.3) is 0 Å². The van der Waals surface area contributed by atoms with E-state index in [1.54, 1.807) is 0 Å². The van der Waals surface area contributed by atoms with E-state index in [4.69, 9.17) is 4.74 Å². The van der Waals surface area contributed by atoms with Gasteiger partial charge in [-0.2, -0.15) is 0 Å². The molecule has 0 aliphatic carbocycles. The maximum absolute atomic E-state index is 12.5. The van der Waals surface area contributed by atoms with Crippen LogP contribution < -0.4 is 0 Å². The minimum Gasteiger partial charge on any atom is -0.461 e. The van der Waals surface area contributed by atoms with Crippen molar-refractivity contribution in [3.05, 3.63) is 47.6 Å². The van der Waals surface area contributed by atoms with Crippen molar-refractivity contribution in [1.82, 2.24) is 0 Å². The van der Waals surface area contributed by atoms with Crippen molar-refractivity contribution in [3.63, 3.8) is 0 Å². The summed E-state index contributed by atoms with van der Waals surface area (Å²) in [4.78, 5) is 12.5. The van der Waals surface area contributed by atoms with Crippen molar-refractivity contribution in [2.75, 3.05) is 6.61 Å². The highest BCUT2D eigenvalue weighted by molar-refractivity contribution is 5.73. The van der Waals surface area contributed by atoms with Crippen LogP contribution in [0.25, 0.3) is 0 Å². The highest BCUT2D eigenvalue weighted by Crippen LogP contribution is 2.32. The number of hydrogen-bond acceptors (Lipinski definition) is 2. The Morgan fingerprint density at radius 1 is 1.04 bits per heavy atom. The zero-order valence-corrected chi connectivity index (χ0v) is 18.1. The van der Waals surface area contributed by atoms with Gasteiger partial charge in [0, 0.05) is 0 Å². The molecule has 0 bridgehead atoms. The van der Waals surface area contributed by atoms with Crippen molar-refractivity contribution in [1.29, 1.82) is 0 Å². The Kier molecular flexibility index (Phi) is 12.8. The van der Waals surface area contributed by atoms with Crippen molar-refractivity contribution in [2.24, 2.45) is 11.3 Å². The van der Waals surface area contributed by atoms with Crippen LogP contribution >= 0.6 is 0 Å². The maximum Gasteiger partial charge on any atom is 0.310 e. The molecule has 0 saturated heterocycles. The molecule has 0 aliphatic heterocycles. The predicted octanol–water partition coefficient (Wildman–Crippen LogP) is 7.19. The molecule has 0 N–H and O–H groups in total. The molecule has 1 unspecified atom stereocenters. The third-order valence-electron chi connectivity index (χ3n) is 4.62. The Hall–Kier alpha value is -1.57. The molecule has 0 amide bonds. The van der Waals surface area contributed by atoms with Gasteiger partial charge in [0.1, 0.15) is 6.61 Å². The molecular weight excluding hydrogens is 320 g/mol. The van der Waals surface area contributed by atoms with Gasteiger partial charge in [0.15, 0.2) is 0 Å². The van der Waals surface area contributed by atoms with Crippen LogP contribution in [-0.4, -0.2) is 12.6 Å². The highest BCUT2D eigenvalue weighted by Gasteiger charge is 2.32. The zero-order valence-electron chi connectivity index (χ0n) is 18.1. The smallest absolute Gasteiger partial charge is 0.310 e. The highest BCUT2D eigenvalue weighted by atomic mass is 16.5. The first kappa shape index (κ1) is 24.4. The molecule has 0 heterocycles. The van der Waals surface area contributed by atoms with E-state index in [1.807, 2.05) is 13.0 Å². The molecule has 0 aromatic heterocycles. The normalized spacial score (nSPS) is 14.0. The molecule has 148 valence electrons. The summed E-state index contributed by atoms with van der Waals surface area (Å²) in [6, 6.07) is 0. The Morgan fingerprint density at radius 3 is 2.27 bits per heavy atom. The van der Waals surface area contributed by atoms with E-state index in [0.717, 1.165) is 32.1 Å². The van der Waals surface area contributed by atoms with Crippen LogP contribution in [0, 0.1) is 11.3 Å². The Morgan fingerprint density at radius 2 is 1.69 bits per heavy atom. The lowest BCUT2D eigenvalue weighted by Gasteiger charge is -2.29. The van der Waals surface area contributed by atoms with Crippen LogP contribution in [0.15, 0.2) is 47.6 Å². The number of unbranched alkanes of at least 4 members (excludes halogenated alkanes) is 1. The molecule has 0 rings (SSSR count). The lowest BCUT2D eigenvalue weighted by atomic mass is 9.77. The standard InChI is InChI=1S/C24H40O2/c1-8-10-11-12-13-18-24(6,7)22(9-2)23(25)26-19-17-21(5)16-14-15-20(3)4/h8,10,13,15,17-18,22H,9,11-12,14,16,19H2,1-7H3/b10-8?,18-13?,21-17+. The first-order valence-electron chi connectivity index (χ1n) is 9.99. The van der Waals surface area contributed by atoms with E-state index in [9.17, 15) is 4.79 Å². The zero-order chi connectivity index (χ0) is 20.0. The minimum absolute atomic E-state index is 0.0936. The third-order valence-corrected chi connectivity index (χ3v) is 4.62. The number of allylic oxidation sites excluding steroid dienone is 7. The molecule has 1 atom stereocenters. The topological polar surface area (TPSA) is 26.3 Å². The first-order valence-corrected chi connectivity index (χ1v) is 9.99. The quantitative estimate of drug-likeness (QED) is 0.209. The largest absolute Gasteiger partial charge is 0.461 e. The first-order chi connectivity index (χ1) is 12.2. The van der Waals surface area contributed by atoms with Crippen LogP contribution in [0.3, 0.4) is 0 Å². The number of hydrogen-bond donors (Lipinski definition) is 0. The molecule has 26 heavy (non-hydrogen) atoms. The number of esters is 1. The molecule has 0 aromatic rings.